The van der Waals surface area contributed by atoms with Crippen molar-refractivity contribution in [2.75, 3.05) is 13.2 Å². The van der Waals surface area contributed by atoms with Gasteiger partial charge in [0.25, 0.3) is 0 Å². The molecule has 0 saturated heterocycles. The molecule has 0 spiro atoms. The Kier molecular flexibility index (Phi) is 3.68. The number of halogens is 3. The molecule has 126 valence electrons. The van der Waals surface area contributed by atoms with Crippen molar-refractivity contribution >= 4 is 11.3 Å². The molecular formula is C17H14F3NO2S. The molecule has 0 fully saturated rings. The summed E-state index contributed by atoms with van der Waals surface area (Å²) in [7, 11) is 0. The molecular weight excluding hydrogens is 339 g/mol. The van der Waals surface area contributed by atoms with Gasteiger partial charge in [-0.25, -0.2) is 0 Å². The summed E-state index contributed by atoms with van der Waals surface area (Å²) in [6, 6.07) is 3.69. The number of thiophene rings is 1. The topological polar surface area (TPSA) is 23.4 Å². The van der Waals surface area contributed by atoms with Gasteiger partial charge in [0, 0.05) is 11.6 Å². The first-order valence-electron chi connectivity index (χ1n) is 7.54. The minimum Gasteiger partial charge on any atom is -0.485 e. The zero-order chi connectivity index (χ0) is 16.7. The van der Waals surface area contributed by atoms with Gasteiger partial charge in [-0.15, -0.1) is 11.3 Å². The van der Waals surface area contributed by atoms with Gasteiger partial charge in [-0.05, 0) is 18.6 Å². The standard InChI is InChI=1S/C17H14F3NO2S/c18-17(19,20)11-3-5-12(6-4-11)21-7-1-2-13(21)16-15-14(10-24-16)22-8-9-23-15/h1-5,7,10,12H,6,8-9H2. The predicted octanol–water partition coefficient (Wildman–Crippen LogP) is 4.98. The Morgan fingerprint density at radius 2 is 2.04 bits per heavy atom. The number of fused-ring (bicyclic) bond motifs is 1. The molecule has 2 aliphatic rings. The monoisotopic (exact) mass is 353 g/mol. The van der Waals surface area contributed by atoms with E-state index in [1.54, 1.807) is 6.08 Å². The van der Waals surface area contributed by atoms with Gasteiger partial charge in [0.2, 0.25) is 0 Å². The summed E-state index contributed by atoms with van der Waals surface area (Å²) in [5.41, 5.74) is 0.336. The lowest BCUT2D eigenvalue weighted by atomic mass is 10.0. The maximum absolute atomic E-state index is 12.7. The van der Waals surface area contributed by atoms with E-state index in [0.29, 0.717) is 19.6 Å². The van der Waals surface area contributed by atoms with Crippen LogP contribution in [0.2, 0.25) is 0 Å². The van der Waals surface area contributed by atoms with Gasteiger partial charge in [0.1, 0.15) is 13.2 Å². The zero-order valence-electron chi connectivity index (χ0n) is 12.5. The molecule has 4 rings (SSSR count). The van der Waals surface area contributed by atoms with Crippen LogP contribution in [-0.4, -0.2) is 24.0 Å². The highest BCUT2D eigenvalue weighted by molar-refractivity contribution is 7.14. The molecule has 7 heteroatoms. The highest BCUT2D eigenvalue weighted by Gasteiger charge is 2.33. The van der Waals surface area contributed by atoms with Gasteiger partial charge in [-0.3, -0.25) is 0 Å². The van der Waals surface area contributed by atoms with Gasteiger partial charge < -0.3 is 14.0 Å². The molecule has 0 N–H and O–H groups in total. The molecule has 0 aromatic carbocycles. The Morgan fingerprint density at radius 1 is 1.21 bits per heavy atom. The first-order chi connectivity index (χ1) is 11.5. The summed E-state index contributed by atoms with van der Waals surface area (Å²) in [6.07, 6.45) is 1.90. The van der Waals surface area contributed by atoms with Crippen LogP contribution in [0.4, 0.5) is 13.2 Å². The Morgan fingerprint density at radius 3 is 2.79 bits per heavy atom. The van der Waals surface area contributed by atoms with Gasteiger partial charge >= 0.3 is 6.18 Å². The molecule has 2 aromatic rings. The Balaban J connectivity index is 1.64. The van der Waals surface area contributed by atoms with E-state index < -0.39 is 11.7 Å². The second-order valence-electron chi connectivity index (χ2n) is 5.58. The largest absolute Gasteiger partial charge is 0.485 e. The van der Waals surface area contributed by atoms with Gasteiger partial charge in [-0.1, -0.05) is 18.2 Å². The summed E-state index contributed by atoms with van der Waals surface area (Å²) >= 11 is 1.52. The van der Waals surface area contributed by atoms with Crippen LogP contribution in [0.15, 0.2) is 47.5 Å². The third-order valence-electron chi connectivity index (χ3n) is 4.07. The van der Waals surface area contributed by atoms with Crippen molar-refractivity contribution in [2.24, 2.45) is 0 Å². The molecule has 1 atom stereocenters. The molecule has 1 unspecified atom stereocenters. The van der Waals surface area contributed by atoms with E-state index >= 15 is 0 Å². The molecule has 1 aliphatic carbocycles. The fourth-order valence-corrected chi connectivity index (χ4v) is 3.90. The lowest BCUT2D eigenvalue weighted by Crippen LogP contribution is -2.16. The maximum Gasteiger partial charge on any atom is 0.416 e. The van der Waals surface area contributed by atoms with Crippen molar-refractivity contribution < 1.29 is 22.6 Å². The van der Waals surface area contributed by atoms with E-state index in [4.69, 9.17) is 9.47 Å². The summed E-state index contributed by atoms with van der Waals surface area (Å²) in [5.74, 6) is 1.45. The first-order valence-corrected chi connectivity index (χ1v) is 8.42. The highest BCUT2D eigenvalue weighted by Crippen LogP contribution is 2.46. The van der Waals surface area contributed by atoms with Gasteiger partial charge in [-0.2, -0.15) is 13.2 Å². The lowest BCUT2D eigenvalue weighted by Gasteiger charge is -2.22. The minimum absolute atomic E-state index is 0.150. The summed E-state index contributed by atoms with van der Waals surface area (Å²) in [4.78, 5) is 0.939. The normalized spacial score (nSPS) is 20.1. The van der Waals surface area contributed by atoms with Crippen LogP contribution in [0.1, 0.15) is 12.5 Å². The number of rotatable bonds is 2. The average molecular weight is 353 g/mol. The second kappa shape index (κ2) is 5.73. The van der Waals surface area contributed by atoms with Crippen LogP contribution in [-0.2, 0) is 0 Å². The van der Waals surface area contributed by atoms with E-state index in [9.17, 15) is 13.2 Å². The lowest BCUT2D eigenvalue weighted by molar-refractivity contribution is -0.0887. The van der Waals surface area contributed by atoms with E-state index in [2.05, 4.69) is 0 Å². The second-order valence-corrected chi connectivity index (χ2v) is 6.45. The van der Waals surface area contributed by atoms with Crippen LogP contribution in [0.3, 0.4) is 0 Å². The third kappa shape index (κ3) is 2.62. The summed E-state index contributed by atoms with van der Waals surface area (Å²) < 4.78 is 51.5. The quantitative estimate of drug-likeness (QED) is 0.760. The van der Waals surface area contributed by atoms with Gasteiger partial charge in [0.05, 0.1) is 22.2 Å². The molecule has 0 saturated carbocycles. The number of aromatic nitrogens is 1. The molecule has 3 nitrogen and oxygen atoms in total. The number of nitrogens with zero attached hydrogens (tertiary/aromatic N) is 1. The molecule has 24 heavy (non-hydrogen) atoms. The Hall–Kier alpha value is -2.15. The van der Waals surface area contributed by atoms with Crippen LogP contribution < -0.4 is 9.47 Å². The number of alkyl halides is 3. The number of hydrogen-bond acceptors (Lipinski definition) is 3. The molecule has 3 heterocycles. The van der Waals surface area contributed by atoms with Crippen molar-refractivity contribution in [2.45, 2.75) is 18.6 Å². The van der Waals surface area contributed by atoms with E-state index in [0.717, 1.165) is 28.1 Å². The van der Waals surface area contributed by atoms with E-state index in [-0.39, 0.29) is 6.04 Å². The van der Waals surface area contributed by atoms with E-state index in [1.807, 2.05) is 28.3 Å². The highest BCUT2D eigenvalue weighted by atomic mass is 32.1. The average Bonchev–Trinajstić information content (AvgIpc) is 3.20. The number of hydrogen-bond donors (Lipinski definition) is 0. The predicted molar refractivity (Wildman–Crippen MR) is 85.7 cm³/mol. The van der Waals surface area contributed by atoms with Crippen molar-refractivity contribution in [3.8, 4) is 22.1 Å². The maximum atomic E-state index is 12.7. The molecule has 0 amide bonds. The smallest absolute Gasteiger partial charge is 0.416 e. The molecule has 2 aromatic heterocycles. The summed E-state index contributed by atoms with van der Waals surface area (Å²) in [6.45, 7) is 1.03. The third-order valence-corrected chi connectivity index (χ3v) is 5.04. The van der Waals surface area contributed by atoms with Crippen LogP contribution >= 0.6 is 11.3 Å². The van der Waals surface area contributed by atoms with E-state index in [1.165, 1.54) is 17.4 Å². The van der Waals surface area contributed by atoms with Crippen molar-refractivity contribution in [1.29, 1.82) is 0 Å². The number of ether oxygens (including phenoxy) is 2. The SMILES string of the molecule is FC(F)(F)C1=CCC(n2cccc2-c2scc3c2OCCO3)C=C1. The molecule has 1 aliphatic heterocycles. The molecule has 0 radical (unpaired) electrons. The van der Waals surface area contributed by atoms with Crippen molar-refractivity contribution in [3.05, 3.63) is 47.5 Å². The van der Waals surface area contributed by atoms with Crippen LogP contribution in [0.5, 0.6) is 11.5 Å². The van der Waals surface area contributed by atoms with Crippen molar-refractivity contribution in [3.63, 3.8) is 0 Å². The minimum atomic E-state index is -4.29. The van der Waals surface area contributed by atoms with Gasteiger partial charge in [0.15, 0.2) is 11.5 Å². The number of allylic oxidation sites excluding steroid dienone is 4. The Bertz CT molecular complexity index is 816. The van der Waals surface area contributed by atoms with Crippen molar-refractivity contribution in [1.82, 2.24) is 4.57 Å². The first kappa shape index (κ1) is 15.4. The zero-order valence-corrected chi connectivity index (χ0v) is 13.4. The fourth-order valence-electron chi connectivity index (χ4n) is 2.94. The fraction of sp³-hybridized carbons (Fsp3) is 0.294. The van der Waals surface area contributed by atoms with Crippen LogP contribution in [0.25, 0.3) is 10.6 Å². The van der Waals surface area contributed by atoms with Crippen LogP contribution in [0, 0.1) is 0 Å². The molecule has 0 bridgehead atoms. The Labute approximate surface area is 140 Å². The summed E-state index contributed by atoms with van der Waals surface area (Å²) in [5, 5.41) is 1.90.